The molecule has 0 fully saturated rings. The van der Waals surface area contributed by atoms with Crippen LogP contribution < -0.4 is 10.5 Å². The molecular formula is C15H22ClNO4. The van der Waals surface area contributed by atoms with Gasteiger partial charge >= 0.3 is 5.97 Å². The van der Waals surface area contributed by atoms with Crippen LogP contribution in [0.15, 0.2) is 12.1 Å². The molecule has 1 aromatic rings. The van der Waals surface area contributed by atoms with Gasteiger partial charge in [0.2, 0.25) is 0 Å². The number of ether oxygens (including phenoxy) is 3. The van der Waals surface area contributed by atoms with Crippen molar-refractivity contribution in [3.05, 3.63) is 22.7 Å². The lowest BCUT2D eigenvalue weighted by Gasteiger charge is -2.23. The summed E-state index contributed by atoms with van der Waals surface area (Å²) in [5.74, 6) is -0.219. The van der Waals surface area contributed by atoms with E-state index in [9.17, 15) is 4.79 Å². The lowest BCUT2D eigenvalue weighted by molar-refractivity contribution is 0.00534. The minimum absolute atomic E-state index is 0.233. The number of hydrogen-bond acceptors (Lipinski definition) is 5. The molecule has 118 valence electrons. The van der Waals surface area contributed by atoms with Crippen LogP contribution in [0.2, 0.25) is 5.02 Å². The Morgan fingerprint density at radius 1 is 1.38 bits per heavy atom. The van der Waals surface area contributed by atoms with Gasteiger partial charge in [0.05, 0.1) is 23.8 Å². The number of carbonyl (C=O) groups is 1. The maximum atomic E-state index is 11.9. The molecular weight excluding hydrogens is 294 g/mol. The van der Waals surface area contributed by atoms with Crippen LogP contribution in [0, 0.1) is 0 Å². The van der Waals surface area contributed by atoms with Gasteiger partial charge in [-0.3, -0.25) is 0 Å². The Labute approximate surface area is 130 Å². The number of carbonyl (C=O) groups excluding carboxylic acids is 1. The van der Waals surface area contributed by atoms with Crippen molar-refractivity contribution < 1.29 is 19.0 Å². The molecule has 0 saturated carbocycles. The monoisotopic (exact) mass is 315 g/mol. The summed E-state index contributed by atoms with van der Waals surface area (Å²) in [5, 5.41) is 0.285. The number of nitrogen functional groups attached to an aromatic ring is 1. The Balaban J connectivity index is 2.92. The smallest absolute Gasteiger partial charge is 0.342 e. The molecule has 0 saturated heterocycles. The van der Waals surface area contributed by atoms with Crippen LogP contribution in [0.1, 0.15) is 37.6 Å². The topological polar surface area (TPSA) is 70.8 Å². The molecule has 0 aliphatic heterocycles. The Morgan fingerprint density at radius 2 is 2.05 bits per heavy atom. The first-order valence-electron chi connectivity index (χ1n) is 6.75. The maximum absolute atomic E-state index is 11.9. The number of anilines is 1. The average Bonchev–Trinajstić information content (AvgIpc) is 2.41. The van der Waals surface area contributed by atoms with E-state index in [0.717, 1.165) is 0 Å². The molecule has 0 unspecified atom stereocenters. The summed E-state index contributed by atoms with van der Waals surface area (Å²) in [6, 6.07) is 3.04. The van der Waals surface area contributed by atoms with Gasteiger partial charge in [-0.1, -0.05) is 11.6 Å². The third kappa shape index (κ3) is 5.10. The van der Waals surface area contributed by atoms with Crippen LogP contribution in [-0.4, -0.2) is 31.9 Å². The molecule has 0 spiro atoms. The number of halogens is 1. The minimum atomic E-state index is -0.507. The summed E-state index contributed by atoms with van der Waals surface area (Å²) in [5.41, 5.74) is 6.01. The van der Waals surface area contributed by atoms with E-state index in [1.165, 1.54) is 6.07 Å². The number of methoxy groups -OCH3 is 1. The standard InChI is InChI=1S/C15H22ClNO4/c1-5-20-14(18)11-8-10(17)9-12(16)13(11)21-7-6-15(2,3)19-4/h8-9H,5-7,17H2,1-4H3. The molecule has 0 aliphatic rings. The second-order valence-corrected chi connectivity index (χ2v) is 5.57. The predicted molar refractivity (Wildman–Crippen MR) is 83.0 cm³/mol. The predicted octanol–water partition coefficient (Wildman–Crippen LogP) is 3.29. The van der Waals surface area contributed by atoms with Gasteiger partial charge in [0.1, 0.15) is 5.56 Å². The summed E-state index contributed by atoms with van der Waals surface area (Å²) < 4.78 is 16.0. The second kappa shape index (κ2) is 7.52. The van der Waals surface area contributed by atoms with Gasteiger partial charge in [-0.05, 0) is 32.9 Å². The molecule has 0 aliphatic carbocycles. The zero-order chi connectivity index (χ0) is 16.0. The van der Waals surface area contributed by atoms with E-state index in [1.807, 2.05) is 13.8 Å². The summed E-state index contributed by atoms with van der Waals surface area (Å²) in [7, 11) is 1.64. The lowest BCUT2D eigenvalue weighted by Crippen LogP contribution is -2.25. The van der Waals surface area contributed by atoms with Crippen molar-refractivity contribution in [1.29, 1.82) is 0 Å². The highest BCUT2D eigenvalue weighted by Crippen LogP contribution is 2.32. The molecule has 0 heterocycles. The van der Waals surface area contributed by atoms with E-state index in [4.69, 9.17) is 31.5 Å². The number of esters is 1. The normalized spacial score (nSPS) is 11.3. The average molecular weight is 316 g/mol. The van der Waals surface area contributed by atoms with Gasteiger partial charge < -0.3 is 19.9 Å². The summed E-state index contributed by atoms with van der Waals surface area (Å²) in [4.78, 5) is 11.9. The molecule has 1 aromatic carbocycles. The molecule has 0 aromatic heterocycles. The fourth-order valence-electron chi connectivity index (χ4n) is 1.62. The first-order chi connectivity index (χ1) is 9.80. The third-order valence-electron chi connectivity index (χ3n) is 3.06. The van der Waals surface area contributed by atoms with Gasteiger partial charge in [0, 0.05) is 19.2 Å². The molecule has 0 radical (unpaired) electrons. The zero-order valence-electron chi connectivity index (χ0n) is 12.9. The van der Waals surface area contributed by atoms with E-state index in [-0.39, 0.29) is 28.5 Å². The lowest BCUT2D eigenvalue weighted by atomic mass is 10.1. The molecule has 0 bridgehead atoms. The van der Waals surface area contributed by atoms with E-state index >= 15 is 0 Å². The largest absolute Gasteiger partial charge is 0.491 e. The molecule has 6 heteroatoms. The van der Waals surface area contributed by atoms with Crippen molar-refractivity contribution >= 4 is 23.3 Å². The molecule has 21 heavy (non-hydrogen) atoms. The van der Waals surface area contributed by atoms with Gasteiger partial charge in [-0.15, -0.1) is 0 Å². The highest BCUT2D eigenvalue weighted by Gasteiger charge is 2.20. The van der Waals surface area contributed by atoms with E-state index in [0.29, 0.717) is 18.7 Å². The quantitative estimate of drug-likeness (QED) is 0.617. The van der Waals surface area contributed by atoms with E-state index < -0.39 is 5.97 Å². The molecule has 1 rings (SSSR count). The van der Waals surface area contributed by atoms with Gasteiger partial charge in [-0.2, -0.15) is 0 Å². The SMILES string of the molecule is CCOC(=O)c1cc(N)cc(Cl)c1OCCC(C)(C)OC. The molecule has 2 N–H and O–H groups in total. The number of rotatable bonds is 7. The first-order valence-corrected chi connectivity index (χ1v) is 7.12. The van der Waals surface area contributed by atoms with E-state index in [1.54, 1.807) is 20.1 Å². The van der Waals surface area contributed by atoms with Crippen molar-refractivity contribution in [3.8, 4) is 5.75 Å². The highest BCUT2D eigenvalue weighted by molar-refractivity contribution is 6.33. The van der Waals surface area contributed by atoms with Crippen molar-refractivity contribution in [1.82, 2.24) is 0 Å². The number of hydrogen-bond donors (Lipinski definition) is 1. The summed E-state index contributed by atoms with van der Waals surface area (Å²) in [6.07, 6.45) is 0.645. The minimum Gasteiger partial charge on any atom is -0.491 e. The Hall–Kier alpha value is -1.46. The van der Waals surface area contributed by atoms with Crippen LogP contribution >= 0.6 is 11.6 Å². The summed E-state index contributed by atoms with van der Waals surface area (Å²) >= 11 is 6.12. The van der Waals surface area contributed by atoms with Crippen LogP contribution in [0.25, 0.3) is 0 Å². The van der Waals surface area contributed by atoms with Gasteiger partial charge in [-0.25, -0.2) is 4.79 Å². The van der Waals surface area contributed by atoms with Crippen LogP contribution in [0.4, 0.5) is 5.69 Å². The molecule has 0 amide bonds. The Kier molecular flexibility index (Phi) is 6.30. The third-order valence-corrected chi connectivity index (χ3v) is 3.35. The molecule has 0 atom stereocenters. The second-order valence-electron chi connectivity index (χ2n) is 5.16. The fourth-order valence-corrected chi connectivity index (χ4v) is 1.90. The fraction of sp³-hybridized carbons (Fsp3) is 0.533. The maximum Gasteiger partial charge on any atom is 0.342 e. The van der Waals surface area contributed by atoms with Crippen LogP contribution in [0.3, 0.4) is 0 Å². The Morgan fingerprint density at radius 3 is 2.62 bits per heavy atom. The first kappa shape index (κ1) is 17.6. The van der Waals surface area contributed by atoms with Gasteiger partial charge in [0.15, 0.2) is 5.75 Å². The number of benzene rings is 1. The summed E-state index contributed by atoms with van der Waals surface area (Å²) in [6.45, 7) is 6.26. The highest BCUT2D eigenvalue weighted by atomic mass is 35.5. The zero-order valence-corrected chi connectivity index (χ0v) is 13.6. The number of nitrogens with two attached hydrogens (primary N) is 1. The van der Waals surface area contributed by atoms with E-state index in [2.05, 4.69) is 0 Å². The van der Waals surface area contributed by atoms with Crippen molar-refractivity contribution in [2.75, 3.05) is 26.1 Å². The van der Waals surface area contributed by atoms with Crippen molar-refractivity contribution in [2.24, 2.45) is 0 Å². The Bertz CT molecular complexity index is 503. The van der Waals surface area contributed by atoms with Crippen molar-refractivity contribution in [2.45, 2.75) is 32.8 Å². The van der Waals surface area contributed by atoms with Crippen molar-refractivity contribution in [3.63, 3.8) is 0 Å². The van der Waals surface area contributed by atoms with Crippen LogP contribution in [0.5, 0.6) is 5.75 Å². The van der Waals surface area contributed by atoms with Crippen LogP contribution in [-0.2, 0) is 9.47 Å². The van der Waals surface area contributed by atoms with Gasteiger partial charge in [0.25, 0.3) is 0 Å². The molecule has 5 nitrogen and oxygen atoms in total.